The quantitative estimate of drug-likeness (QED) is 0.151. The molecule has 1 N–H and O–H groups in total. The van der Waals surface area contributed by atoms with Gasteiger partial charge in [-0.1, -0.05) is 0 Å². The molecule has 174 valence electrons. The van der Waals surface area contributed by atoms with Gasteiger partial charge in [-0.15, -0.1) is 0 Å². The average molecular weight is 445 g/mol. The van der Waals surface area contributed by atoms with Gasteiger partial charge in [-0.05, 0) is 6.07 Å². The molecule has 0 spiro atoms. The largest absolute Gasteiger partial charge is 0.469 e. The summed E-state index contributed by atoms with van der Waals surface area (Å²) in [5, 5.41) is 24.6. The molecule has 0 aromatic heterocycles. The van der Waals surface area contributed by atoms with Gasteiger partial charge in [0.05, 0.1) is 82.3 Å². The number of nitro benzene ring substituents is 2. The van der Waals surface area contributed by atoms with Gasteiger partial charge in [0, 0.05) is 12.6 Å². The van der Waals surface area contributed by atoms with E-state index in [2.05, 4.69) is 10.1 Å². The molecule has 0 heterocycles. The SMILES string of the molecule is COC(=O)CCOCCOCCOCCOCCNc1ccc([N+](=O)[O-])cc1[N+](=O)[O-]. The Kier molecular flexibility index (Phi) is 13.4. The molecule has 0 saturated heterocycles. The first-order valence-electron chi connectivity index (χ1n) is 9.50. The second kappa shape index (κ2) is 15.9. The maximum absolute atomic E-state index is 11.0. The molecule has 0 amide bonds. The van der Waals surface area contributed by atoms with Gasteiger partial charge < -0.3 is 29.0 Å². The number of non-ortho nitro benzene ring substituents is 1. The fourth-order valence-corrected chi connectivity index (χ4v) is 2.21. The van der Waals surface area contributed by atoms with Gasteiger partial charge in [-0.3, -0.25) is 25.0 Å². The lowest BCUT2D eigenvalue weighted by molar-refractivity contribution is -0.393. The lowest BCUT2D eigenvalue weighted by Crippen LogP contribution is -2.15. The zero-order chi connectivity index (χ0) is 22.9. The van der Waals surface area contributed by atoms with Crippen LogP contribution in [-0.4, -0.2) is 82.3 Å². The normalized spacial score (nSPS) is 10.6. The van der Waals surface area contributed by atoms with E-state index in [0.717, 1.165) is 6.07 Å². The Morgan fingerprint density at radius 2 is 1.42 bits per heavy atom. The lowest BCUT2D eigenvalue weighted by atomic mass is 10.2. The molecule has 0 fully saturated rings. The third-order valence-electron chi connectivity index (χ3n) is 3.74. The molecule has 1 aromatic carbocycles. The van der Waals surface area contributed by atoms with Crippen LogP contribution in [0.3, 0.4) is 0 Å². The van der Waals surface area contributed by atoms with Crippen LogP contribution < -0.4 is 5.32 Å². The van der Waals surface area contributed by atoms with Crippen molar-refractivity contribution in [1.82, 2.24) is 0 Å². The van der Waals surface area contributed by atoms with Gasteiger partial charge in [-0.25, -0.2) is 0 Å². The molecule has 13 nitrogen and oxygen atoms in total. The molecule has 31 heavy (non-hydrogen) atoms. The Morgan fingerprint density at radius 1 is 0.871 bits per heavy atom. The van der Waals surface area contributed by atoms with Crippen LogP contribution in [0.2, 0.25) is 0 Å². The third-order valence-corrected chi connectivity index (χ3v) is 3.74. The molecule has 0 bridgehead atoms. The van der Waals surface area contributed by atoms with E-state index < -0.39 is 9.85 Å². The standard InChI is InChI=1S/C18H27N3O10/c1-27-18(22)4-6-28-8-10-30-12-13-31-11-9-29-7-5-19-16-3-2-15(20(23)24)14-17(16)21(25)26/h2-3,14,19H,4-13H2,1H3. The molecule has 0 atom stereocenters. The minimum Gasteiger partial charge on any atom is -0.469 e. The number of nitrogens with one attached hydrogen (secondary N) is 1. The van der Waals surface area contributed by atoms with Crippen molar-refractivity contribution in [3.8, 4) is 0 Å². The summed E-state index contributed by atoms with van der Waals surface area (Å²) >= 11 is 0. The van der Waals surface area contributed by atoms with Crippen LogP contribution in [-0.2, 0) is 28.5 Å². The number of ether oxygens (including phenoxy) is 5. The summed E-state index contributed by atoms with van der Waals surface area (Å²) in [6.07, 6.45) is 0.208. The second-order valence-electron chi connectivity index (χ2n) is 5.92. The zero-order valence-electron chi connectivity index (χ0n) is 17.3. The molecular weight excluding hydrogens is 418 g/mol. The van der Waals surface area contributed by atoms with E-state index in [-0.39, 0.29) is 49.2 Å². The number of esters is 1. The molecule has 0 aliphatic rings. The number of carbonyl (C=O) groups excluding carboxylic acids is 1. The molecule has 0 radical (unpaired) electrons. The van der Waals surface area contributed by atoms with Gasteiger partial charge in [-0.2, -0.15) is 0 Å². The minimum atomic E-state index is -0.688. The number of methoxy groups -OCH3 is 1. The average Bonchev–Trinajstić information content (AvgIpc) is 2.75. The van der Waals surface area contributed by atoms with Crippen LogP contribution in [0.1, 0.15) is 6.42 Å². The van der Waals surface area contributed by atoms with Crippen LogP contribution in [0.25, 0.3) is 0 Å². The van der Waals surface area contributed by atoms with Crippen LogP contribution >= 0.6 is 0 Å². The van der Waals surface area contributed by atoms with E-state index in [0.29, 0.717) is 39.6 Å². The lowest BCUT2D eigenvalue weighted by Gasteiger charge is -2.09. The summed E-state index contributed by atoms with van der Waals surface area (Å²) < 4.78 is 25.7. The molecule has 0 aliphatic heterocycles. The van der Waals surface area contributed by atoms with Crippen molar-refractivity contribution in [3.05, 3.63) is 38.4 Å². The van der Waals surface area contributed by atoms with E-state index in [9.17, 15) is 25.0 Å². The van der Waals surface area contributed by atoms with Gasteiger partial charge in [0.25, 0.3) is 11.4 Å². The highest BCUT2D eigenvalue weighted by atomic mass is 16.6. The van der Waals surface area contributed by atoms with Crippen molar-refractivity contribution in [2.24, 2.45) is 0 Å². The monoisotopic (exact) mass is 445 g/mol. The Hall–Kier alpha value is -2.87. The van der Waals surface area contributed by atoms with Crippen LogP contribution in [0, 0.1) is 20.2 Å². The number of hydrogen-bond acceptors (Lipinski definition) is 11. The molecule has 0 aliphatic carbocycles. The zero-order valence-corrected chi connectivity index (χ0v) is 17.3. The Balaban J connectivity index is 2.00. The van der Waals surface area contributed by atoms with Crippen molar-refractivity contribution < 1.29 is 38.3 Å². The highest BCUT2D eigenvalue weighted by molar-refractivity contribution is 5.69. The maximum atomic E-state index is 11.0. The first-order valence-corrected chi connectivity index (χ1v) is 9.50. The summed E-state index contributed by atoms with van der Waals surface area (Å²) in [5.74, 6) is -0.319. The summed E-state index contributed by atoms with van der Waals surface area (Å²) in [4.78, 5) is 31.2. The number of rotatable bonds is 18. The van der Waals surface area contributed by atoms with Gasteiger partial charge in [0.2, 0.25) is 0 Å². The van der Waals surface area contributed by atoms with Gasteiger partial charge in [0.1, 0.15) is 5.69 Å². The highest BCUT2D eigenvalue weighted by Crippen LogP contribution is 2.28. The Bertz CT molecular complexity index is 701. The number of nitro groups is 2. The topological polar surface area (TPSA) is 162 Å². The van der Waals surface area contributed by atoms with Crippen LogP contribution in [0.4, 0.5) is 17.1 Å². The number of carbonyl (C=O) groups is 1. The van der Waals surface area contributed by atoms with Crippen molar-refractivity contribution in [2.75, 3.05) is 71.8 Å². The van der Waals surface area contributed by atoms with E-state index in [1.165, 1.54) is 19.2 Å². The van der Waals surface area contributed by atoms with Crippen molar-refractivity contribution in [2.45, 2.75) is 6.42 Å². The second-order valence-corrected chi connectivity index (χ2v) is 5.92. The summed E-state index contributed by atoms with van der Waals surface area (Å²) in [5.41, 5.74) is -0.533. The first-order chi connectivity index (χ1) is 15.0. The van der Waals surface area contributed by atoms with Gasteiger partial charge >= 0.3 is 5.97 Å². The number of nitrogens with zero attached hydrogens (tertiary/aromatic N) is 2. The Labute approximate surface area is 178 Å². The number of hydrogen-bond donors (Lipinski definition) is 1. The summed E-state index contributed by atoms with van der Waals surface area (Å²) in [7, 11) is 1.32. The number of benzene rings is 1. The fraction of sp³-hybridized carbons (Fsp3) is 0.611. The number of anilines is 1. The van der Waals surface area contributed by atoms with E-state index in [1.54, 1.807) is 0 Å². The maximum Gasteiger partial charge on any atom is 0.307 e. The molecule has 1 aromatic rings. The smallest absolute Gasteiger partial charge is 0.307 e. The van der Waals surface area contributed by atoms with Crippen molar-refractivity contribution in [3.63, 3.8) is 0 Å². The van der Waals surface area contributed by atoms with Crippen molar-refractivity contribution >= 4 is 23.0 Å². The first kappa shape index (κ1) is 26.2. The molecule has 1 rings (SSSR count). The van der Waals surface area contributed by atoms with E-state index in [1.807, 2.05) is 0 Å². The van der Waals surface area contributed by atoms with E-state index >= 15 is 0 Å². The predicted octanol–water partition coefficient (Wildman–Crippen LogP) is 1.54. The van der Waals surface area contributed by atoms with Crippen LogP contribution in [0.5, 0.6) is 0 Å². The summed E-state index contributed by atoms with van der Waals surface area (Å²) in [6, 6.07) is 3.40. The molecular formula is C18H27N3O10. The summed E-state index contributed by atoms with van der Waals surface area (Å²) in [6.45, 7) is 3.09. The fourth-order valence-electron chi connectivity index (χ4n) is 2.21. The highest BCUT2D eigenvalue weighted by Gasteiger charge is 2.18. The van der Waals surface area contributed by atoms with Crippen LogP contribution in [0.15, 0.2) is 18.2 Å². The molecule has 0 saturated carbocycles. The minimum absolute atomic E-state index is 0.182. The van der Waals surface area contributed by atoms with Gasteiger partial charge in [0.15, 0.2) is 0 Å². The van der Waals surface area contributed by atoms with Crippen molar-refractivity contribution in [1.29, 1.82) is 0 Å². The molecule has 13 heteroatoms. The Morgan fingerprint density at radius 3 is 1.94 bits per heavy atom. The van der Waals surface area contributed by atoms with E-state index in [4.69, 9.17) is 18.9 Å². The molecule has 0 unspecified atom stereocenters. The third kappa shape index (κ3) is 11.8. The predicted molar refractivity (Wildman–Crippen MR) is 108 cm³/mol.